The van der Waals surface area contributed by atoms with Crippen molar-refractivity contribution < 1.29 is 9.53 Å². The molecule has 2 nitrogen and oxygen atoms in total. The van der Waals surface area contributed by atoms with Gasteiger partial charge in [0.05, 0.1) is 5.56 Å². The molecule has 0 unspecified atom stereocenters. The summed E-state index contributed by atoms with van der Waals surface area (Å²) in [5.74, 6) is -0.288. The van der Waals surface area contributed by atoms with Crippen LogP contribution in [0, 0.1) is 0 Å². The van der Waals surface area contributed by atoms with E-state index >= 15 is 0 Å². The molecule has 0 fully saturated rings. The van der Waals surface area contributed by atoms with Crippen LogP contribution in [0.4, 0.5) is 0 Å². The second kappa shape index (κ2) is 6.40. The van der Waals surface area contributed by atoms with Crippen LogP contribution in [0.5, 0.6) is 0 Å². The zero-order valence-electron chi connectivity index (χ0n) is 14.0. The lowest BCUT2D eigenvalue weighted by molar-refractivity contribution is 0.0342. The molecule has 2 heteroatoms. The van der Waals surface area contributed by atoms with Crippen molar-refractivity contribution in [3.8, 4) is 0 Å². The third-order valence-corrected chi connectivity index (χ3v) is 4.53. The molecule has 0 aliphatic carbocycles. The Labute approximate surface area is 146 Å². The smallest absolute Gasteiger partial charge is 0.339 e. The van der Waals surface area contributed by atoms with Crippen LogP contribution in [-0.4, -0.2) is 5.97 Å². The molecule has 0 heterocycles. The molecule has 0 bridgehead atoms. The van der Waals surface area contributed by atoms with E-state index in [4.69, 9.17) is 4.74 Å². The molecule has 0 aliphatic rings. The van der Waals surface area contributed by atoms with Crippen molar-refractivity contribution in [3.63, 3.8) is 0 Å². The first kappa shape index (κ1) is 15.4. The Bertz CT molecular complexity index is 997. The van der Waals surface area contributed by atoms with Gasteiger partial charge >= 0.3 is 5.97 Å². The van der Waals surface area contributed by atoms with Crippen LogP contribution in [0.25, 0.3) is 21.5 Å². The van der Waals surface area contributed by atoms with E-state index in [-0.39, 0.29) is 12.1 Å². The Kier molecular flexibility index (Phi) is 3.95. The van der Waals surface area contributed by atoms with Crippen molar-refractivity contribution in [2.45, 2.75) is 13.0 Å². The Hall–Kier alpha value is -3.13. The fourth-order valence-electron chi connectivity index (χ4n) is 3.25. The SMILES string of the molecule is C[C@@H](OC(=O)c1c2ccccc2cc2ccccc12)c1ccccc1. The van der Waals surface area contributed by atoms with Gasteiger partial charge in [0.2, 0.25) is 0 Å². The van der Waals surface area contributed by atoms with Crippen LogP contribution in [0.2, 0.25) is 0 Å². The Morgan fingerprint density at radius 3 is 1.88 bits per heavy atom. The van der Waals surface area contributed by atoms with Gasteiger partial charge < -0.3 is 4.74 Å². The van der Waals surface area contributed by atoms with Gasteiger partial charge in [0.15, 0.2) is 0 Å². The van der Waals surface area contributed by atoms with E-state index < -0.39 is 0 Å². The average Bonchev–Trinajstić information content (AvgIpc) is 2.66. The molecule has 4 aromatic carbocycles. The molecule has 0 saturated heterocycles. The number of esters is 1. The molecule has 0 radical (unpaired) electrons. The van der Waals surface area contributed by atoms with E-state index in [1.807, 2.05) is 85.8 Å². The van der Waals surface area contributed by atoms with Crippen molar-refractivity contribution in [2.75, 3.05) is 0 Å². The number of hydrogen-bond donors (Lipinski definition) is 0. The minimum atomic E-state index is -0.300. The van der Waals surface area contributed by atoms with E-state index in [0.717, 1.165) is 27.1 Å². The quantitative estimate of drug-likeness (QED) is 0.345. The highest BCUT2D eigenvalue weighted by atomic mass is 16.5. The Morgan fingerprint density at radius 2 is 1.28 bits per heavy atom. The molecule has 4 rings (SSSR count). The lowest BCUT2D eigenvalue weighted by atomic mass is 9.97. The summed E-state index contributed by atoms with van der Waals surface area (Å²) in [6.45, 7) is 1.90. The molecule has 25 heavy (non-hydrogen) atoms. The van der Waals surface area contributed by atoms with Crippen molar-refractivity contribution in [3.05, 3.63) is 96.1 Å². The molecular formula is C23H18O2. The number of carbonyl (C=O) groups excluding carboxylic acids is 1. The number of rotatable bonds is 3. The van der Waals surface area contributed by atoms with Crippen LogP contribution in [-0.2, 0) is 4.74 Å². The summed E-state index contributed by atoms with van der Waals surface area (Å²) in [4.78, 5) is 13.0. The number of hydrogen-bond acceptors (Lipinski definition) is 2. The maximum atomic E-state index is 13.0. The first-order valence-corrected chi connectivity index (χ1v) is 8.40. The third-order valence-electron chi connectivity index (χ3n) is 4.53. The highest BCUT2D eigenvalue weighted by Crippen LogP contribution is 2.30. The predicted octanol–water partition coefficient (Wildman–Crippen LogP) is 5.91. The minimum Gasteiger partial charge on any atom is -0.454 e. The van der Waals surface area contributed by atoms with Crippen LogP contribution < -0.4 is 0 Å². The van der Waals surface area contributed by atoms with Crippen LogP contribution >= 0.6 is 0 Å². The predicted molar refractivity (Wildman–Crippen MR) is 102 cm³/mol. The minimum absolute atomic E-state index is 0.288. The summed E-state index contributed by atoms with van der Waals surface area (Å²) >= 11 is 0. The molecule has 0 N–H and O–H groups in total. The summed E-state index contributed by atoms with van der Waals surface area (Å²) in [6.07, 6.45) is -0.300. The molecule has 4 aromatic rings. The van der Waals surface area contributed by atoms with Gasteiger partial charge in [0.1, 0.15) is 6.10 Å². The maximum absolute atomic E-state index is 13.0. The molecule has 0 aromatic heterocycles. The molecule has 0 amide bonds. The Morgan fingerprint density at radius 1 is 0.760 bits per heavy atom. The Balaban J connectivity index is 1.82. The number of ether oxygens (including phenoxy) is 1. The first-order chi connectivity index (χ1) is 12.2. The van der Waals surface area contributed by atoms with E-state index in [1.165, 1.54) is 0 Å². The summed E-state index contributed by atoms with van der Waals surface area (Å²) in [7, 11) is 0. The number of carbonyl (C=O) groups is 1. The molecule has 0 saturated carbocycles. The van der Waals surface area contributed by atoms with E-state index in [2.05, 4.69) is 6.07 Å². The van der Waals surface area contributed by atoms with Gasteiger partial charge in [-0.05, 0) is 40.1 Å². The third kappa shape index (κ3) is 2.87. The summed E-state index contributed by atoms with van der Waals surface area (Å²) < 4.78 is 5.80. The molecular weight excluding hydrogens is 308 g/mol. The highest BCUT2D eigenvalue weighted by molar-refractivity contribution is 6.16. The molecule has 0 spiro atoms. The standard InChI is InChI=1S/C23H18O2/c1-16(17-9-3-2-4-10-17)25-23(24)22-20-13-7-5-11-18(20)15-19-12-6-8-14-21(19)22/h2-16H,1H3/t16-/m1/s1. The van der Waals surface area contributed by atoms with Gasteiger partial charge in [-0.25, -0.2) is 4.79 Å². The first-order valence-electron chi connectivity index (χ1n) is 8.40. The normalized spacial score (nSPS) is 12.2. The maximum Gasteiger partial charge on any atom is 0.339 e. The second-order valence-corrected chi connectivity index (χ2v) is 6.15. The lowest BCUT2D eigenvalue weighted by Crippen LogP contribution is -2.10. The second-order valence-electron chi connectivity index (χ2n) is 6.15. The van der Waals surface area contributed by atoms with E-state index in [0.29, 0.717) is 5.56 Å². The van der Waals surface area contributed by atoms with Crippen molar-refractivity contribution in [2.24, 2.45) is 0 Å². The molecule has 122 valence electrons. The lowest BCUT2D eigenvalue weighted by Gasteiger charge is -2.16. The number of fused-ring (bicyclic) bond motifs is 2. The van der Waals surface area contributed by atoms with Gasteiger partial charge in [0, 0.05) is 0 Å². The van der Waals surface area contributed by atoms with Crippen LogP contribution in [0.3, 0.4) is 0 Å². The largest absolute Gasteiger partial charge is 0.454 e. The average molecular weight is 326 g/mol. The fraction of sp³-hybridized carbons (Fsp3) is 0.0870. The zero-order valence-corrected chi connectivity index (χ0v) is 14.0. The van der Waals surface area contributed by atoms with Crippen LogP contribution in [0.15, 0.2) is 84.9 Å². The topological polar surface area (TPSA) is 26.3 Å². The summed E-state index contributed by atoms with van der Waals surface area (Å²) in [5, 5.41) is 3.93. The van der Waals surface area contributed by atoms with Gasteiger partial charge in [-0.1, -0.05) is 78.9 Å². The summed E-state index contributed by atoms with van der Waals surface area (Å²) in [5.41, 5.74) is 1.62. The van der Waals surface area contributed by atoms with Gasteiger partial charge in [-0.15, -0.1) is 0 Å². The molecule has 1 atom stereocenters. The summed E-state index contributed by atoms with van der Waals surface area (Å²) in [6, 6.07) is 27.8. The van der Waals surface area contributed by atoms with E-state index in [9.17, 15) is 4.79 Å². The monoisotopic (exact) mass is 326 g/mol. The zero-order chi connectivity index (χ0) is 17.2. The van der Waals surface area contributed by atoms with Crippen molar-refractivity contribution in [1.29, 1.82) is 0 Å². The van der Waals surface area contributed by atoms with Crippen molar-refractivity contribution >= 4 is 27.5 Å². The highest BCUT2D eigenvalue weighted by Gasteiger charge is 2.19. The van der Waals surface area contributed by atoms with Gasteiger partial charge in [0.25, 0.3) is 0 Å². The molecule has 0 aliphatic heterocycles. The number of benzene rings is 4. The van der Waals surface area contributed by atoms with Gasteiger partial charge in [-0.3, -0.25) is 0 Å². The van der Waals surface area contributed by atoms with Gasteiger partial charge in [-0.2, -0.15) is 0 Å². The van der Waals surface area contributed by atoms with Crippen LogP contribution in [0.1, 0.15) is 28.9 Å². The fourth-order valence-corrected chi connectivity index (χ4v) is 3.25. The van der Waals surface area contributed by atoms with Crippen molar-refractivity contribution in [1.82, 2.24) is 0 Å². The van der Waals surface area contributed by atoms with E-state index in [1.54, 1.807) is 0 Å².